The average Bonchev–Trinajstić information content (AvgIpc) is 3.16. The van der Waals surface area contributed by atoms with Crippen molar-refractivity contribution in [3.8, 4) is 11.6 Å². The molecule has 0 radical (unpaired) electrons. The van der Waals surface area contributed by atoms with Gasteiger partial charge in [0.2, 0.25) is 5.88 Å². The second-order valence-electron chi connectivity index (χ2n) is 8.23. The Morgan fingerprint density at radius 1 is 1.12 bits per heavy atom. The Balaban J connectivity index is 1.85. The molecule has 0 unspecified atom stereocenters. The zero-order chi connectivity index (χ0) is 23.4. The highest BCUT2D eigenvalue weighted by Gasteiger charge is 2.44. The average molecular weight is 469 g/mol. The first-order valence-electron chi connectivity index (χ1n) is 10.6. The fourth-order valence-electron chi connectivity index (χ4n) is 3.69. The lowest BCUT2D eigenvalue weighted by Gasteiger charge is -2.38. The lowest BCUT2D eigenvalue weighted by molar-refractivity contribution is -0.0915. The lowest BCUT2D eigenvalue weighted by Crippen LogP contribution is -2.55. The number of hydrogen-bond donors (Lipinski definition) is 6. The molecule has 1 aliphatic heterocycles. The number of hydrogen-bond acceptors (Lipinski definition) is 9. The van der Waals surface area contributed by atoms with Gasteiger partial charge in [-0.3, -0.25) is 5.10 Å². The van der Waals surface area contributed by atoms with Gasteiger partial charge in [0.25, 0.3) is 0 Å². The number of thioether (sulfide) groups is 1. The van der Waals surface area contributed by atoms with Crippen LogP contribution in [0.1, 0.15) is 42.1 Å². The van der Waals surface area contributed by atoms with E-state index in [0.717, 1.165) is 34.1 Å². The van der Waals surface area contributed by atoms with Crippen molar-refractivity contribution in [3.63, 3.8) is 0 Å². The number of aliphatic hydroxyl groups excluding tert-OH is 5. The summed E-state index contributed by atoms with van der Waals surface area (Å²) < 4.78 is 11.5. The van der Waals surface area contributed by atoms with Gasteiger partial charge in [0.15, 0.2) is 5.44 Å². The summed E-state index contributed by atoms with van der Waals surface area (Å²) in [5.41, 5.74) is 2.88. The number of nitrogens with one attached hydrogen (secondary N) is 1. The van der Waals surface area contributed by atoms with Gasteiger partial charge in [0.05, 0.1) is 24.6 Å². The van der Waals surface area contributed by atoms with E-state index < -0.39 is 29.0 Å². The Bertz CT molecular complexity index is 889. The van der Waals surface area contributed by atoms with Gasteiger partial charge in [-0.05, 0) is 36.1 Å². The molecule has 5 atom stereocenters. The number of ether oxygens (including phenoxy) is 2. The van der Waals surface area contributed by atoms with Crippen LogP contribution in [0.5, 0.6) is 11.6 Å². The van der Waals surface area contributed by atoms with Gasteiger partial charge in [-0.1, -0.05) is 19.9 Å². The Morgan fingerprint density at radius 3 is 2.50 bits per heavy atom. The molecular weight excluding hydrogens is 436 g/mol. The fraction of sp³-hybridized carbons (Fsp3) is 0.591. The number of aryl methyl sites for hydroxylation is 1. The van der Waals surface area contributed by atoms with Crippen LogP contribution in [0.4, 0.5) is 0 Å². The molecule has 32 heavy (non-hydrogen) atoms. The van der Waals surface area contributed by atoms with E-state index in [4.69, 9.17) is 14.6 Å². The van der Waals surface area contributed by atoms with Gasteiger partial charge >= 0.3 is 0 Å². The maximum atomic E-state index is 10.4. The fourth-order valence-corrected chi connectivity index (χ4v) is 4.91. The summed E-state index contributed by atoms with van der Waals surface area (Å²) in [6.45, 7) is 5.86. The van der Waals surface area contributed by atoms with Crippen molar-refractivity contribution < 1.29 is 35.0 Å². The molecule has 1 fully saturated rings. The largest absolute Gasteiger partial charge is 0.491 e. The van der Waals surface area contributed by atoms with Crippen LogP contribution in [-0.4, -0.2) is 84.5 Å². The summed E-state index contributed by atoms with van der Waals surface area (Å²) in [6, 6.07) is 5.71. The molecule has 10 heteroatoms. The molecule has 1 saturated heterocycles. The molecular formula is C22H32N2O7S. The van der Waals surface area contributed by atoms with Gasteiger partial charge in [-0.2, -0.15) is 0 Å². The van der Waals surface area contributed by atoms with E-state index in [2.05, 4.69) is 10.2 Å². The predicted octanol–water partition coefficient (Wildman–Crippen LogP) is 0.699. The molecule has 1 aliphatic rings. The monoisotopic (exact) mass is 468 g/mol. The van der Waals surface area contributed by atoms with Crippen molar-refractivity contribution in [2.45, 2.75) is 62.1 Å². The minimum Gasteiger partial charge on any atom is -0.491 e. The number of aromatic nitrogens is 2. The van der Waals surface area contributed by atoms with Crippen LogP contribution in [-0.2, 0) is 6.42 Å². The summed E-state index contributed by atoms with van der Waals surface area (Å²) in [4.78, 5) is 0. The maximum Gasteiger partial charge on any atom is 0.237 e. The predicted molar refractivity (Wildman–Crippen MR) is 120 cm³/mol. The summed E-state index contributed by atoms with van der Waals surface area (Å²) in [7, 11) is 0. The SMILES string of the molecule is Cc1cc(OCCO)ccc1Cc1c(O[C@@H]2S[C@H](CO)[C@@H](O)[C@H](O)[C@H]2O)n[nH]c1C(C)C. The first-order valence-corrected chi connectivity index (χ1v) is 11.6. The second kappa shape index (κ2) is 10.9. The molecule has 2 aromatic rings. The molecule has 9 nitrogen and oxygen atoms in total. The zero-order valence-corrected chi connectivity index (χ0v) is 19.2. The van der Waals surface area contributed by atoms with Crippen LogP contribution in [0.2, 0.25) is 0 Å². The minimum atomic E-state index is -1.43. The highest BCUT2D eigenvalue weighted by atomic mass is 32.2. The number of benzene rings is 1. The van der Waals surface area contributed by atoms with Gasteiger partial charge < -0.3 is 35.0 Å². The summed E-state index contributed by atoms with van der Waals surface area (Å²) >= 11 is 1.07. The van der Waals surface area contributed by atoms with Crippen molar-refractivity contribution in [3.05, 3.63) is 40.6 Å². The third kappa shape index (κ3) is 5.38. The normalized spacial score (nSPS) is 25.8. The molecule has 0 spiro atoms. The Kier molecular flexibility index (Phi) is 8.43. The van der Waals surface area contributed by atoms with E-state index >= 15 is 0 Å². The molecule has 0 amide bonds. The summed E-state index contributed by atoms with van der Waals surface area (Å²) in [6.07, 6.45) is -3.50. The highest BCUT2D eigenvalue weighted by molar-refractivity contribution is 8.00. The minimum absolute atomic E-state index is 0.0534. The second-order valence-corrected chi connectivity index (χ2v) is 9.57. The van der Waals surface area contributed by atoms with Crippen LogP contribution < -0.4 is 9.47 Å². The number of rotatable bonds is 9. The van der Waals surface area contributed by atoms with Gasteiger partial charge in [-0.25, -0.2) is 0 Å². The molecule has 0 bridgehead atoms. The molecule has 1 aromatic heterocycles. The van der Waals surface area contributed by atoms with Crippen molar-refractivity contribution in [1.82, 2.24) is 10.2 Å². The van der Waals surface area contributed by atoms with Gasteiger partial charge in [0, 0.05) is 17.7 Å². The standard InChI is InChI=1S/C22H32N2O7S/c1-11(2)17-15(9-13-4-5-14(8-12(13)3)30-7-6-25)21(24-23-17)31-22-20(29)19(28)18(27)16(10-26)32-22/h4-5,8,11,16,18-20,22,25-29H,6-7,9-10H2,1-3H3,(H,23,24)/t16-,18-,19+,20-,22-/m1/s1. The lowest BCUT2D eigenvalue weighted by atomic mass is 9.97. The van der Waals surface area contributed by atoms with Crippen LogP contribution in [0.15, 0.2) is 18.2 Å². The van der Waals surface area contributed by atoms with Crippen molar-refractivity contribution in [1.29, 1.82) is 0 Å². The van der Waals surface area contributed by atoms with E-state index in [-0.39, 0.29) is 25.7 Å². The van der Waals surface area contributed by atoms with E-state index in [1.807, 2.05) is 39.0 Å². The van der Waals surface area contributed by atoms with Crippen LogP contribution >= 0.6 is 11.8 Å². The van der Waals surface area contributed by atoms with Gasteiger partial charge in [-0.15, -0.1) is 16.9 Å². The number of nitrogens with zero attached hydrogens (tertiary/aromatic N) is 1. The van der Waals surface area contributed by atoms with Crippen molar-refractivity contribution in [2.24, 2.45) is 0 Å². The van der Waals surface area contributed by atoms with Crippen molar-refractivity contribution >= 4 is 11.8 Å². The van der Waals surface area contributed by atoms with E-state index in [0.29, 0.717) is 18.1 Å². The summed E-state index contributed by atoms with van der Waals surface area (Å²) in [5.74, 6) is 1.13. The highest BCUT2D eigenvalue weighted by Crippen LogP contribution is 2.36. The quantitative estimate of drug-likeness (QED) is 0.313. The summed E-state index contributed by atoms with van der Waals surface area (Å²) in [5, 5.41) is 55.7. The van der Waals surface area contributed by atoms with Crippen LogP contribution in [0.25, 0.3) is 0 Å². The molecule has 178 valence electrons. The van der Waals surface area contributed by atoms with Gasteiger partial charge in [0.1, 0.15) is 24.6 Å². The maximum absolute atomic E-state index is 10.4. The Labute approximate surface area is 191 Å². The number of aliphatic hydroxyl groups is 5. The first kappa shape index (κ1) is 24.8. The third-order valence-electron chi connectivity index (χ3n) is 5.56. The van der Waals surface area contributed by atoms with Crippen molar-refractivity contribution in [2.75, 3.05) is 19.8 Å². The molecule has 0 saturated carbocycles. The smallest absolute Gasteiger partial charge is 0.237 e. The van der Waals surface area contributed by atoms with E-state index in [1.54, 1.807) is 0 Å². The van der Waals surface area contributed by atoms with Crippen LogP contribution in [0.3, 0.4) is 0 Å². The van der Waals surface area contributed by atoms with E-state index in [9.17, 15) is 20.4 Å². The molecule has 1 aromatic carbocycles. The number of H-pyrrole nitrogens is 1. The third-order valence-corrected chi connectivity index (χ3v) is 6.98. The van der Waals surface area contributed by atoms with E-state index in [1.165, 1.54) is 0 Å². The Morgan fingerprint density at radius 2 is 1.88 bits per heavy atom. The zero-order valence-electron chi connectivity index (χ0n) is 18.4. The number of aromatic amines is 1. The first-order chi connectivity index (χ1) is 15.3. The Hall–Kier alpha value is -1.82. The van der Waals surface area contributed by atoms with Crippen LogP contribution in [0, 0.1) is 6.92 Å². The molecule has 6 N–H and O–H groups in total. The molecule has 0 aliphatic carbocycles. The molecule has 2 heterocycles. The molecule has 3 rings (SSSR count). The topological polar surface area (TPSA) is 148 Å².